The van der Waals surface area contributed by atoms with Gasteiger partial charge in [-0.2, -0.15) is 0 Å². The van der Waals surface area contributed by atoms with Crippen LogP contribution >= 0.6 is 23.2 Å². The van der Waals surface area contributed by atoms with Crippen LogP contribution in [0.2, 0.25) is 10.0 Å². The molecule has 130 valence electrons. The van der Waals surface area contributed by atoms with Crippen LogP contribution in [0.1, 0.15) is 12.0 Å². The number of carbonyl (C=O) groups is 2. The first-order valence-corrected chi connectivity index (χ1v) is 8.47. The van der Waals surface area contributed by atoms with E-state index >= 15 is 0 Å². The van der Waals surface area contributed by atoms with Crippen molar-refractivity contribution in [1.82, 2.24) is 5.32 Å². The zero-order valence-corrected chi connectivity index (χ0v) is 14.6. The quantitative estimate of drug-likeness (QED) is 0.822. The number of hydrogen-bond donors (Lipinski definition) is 2. The van der Waals surface area contributed by atoms with Crippen LogP contribution in [-0.2, 0) is 16.1 Å². The van der Waals surface area contributed by atoms with E-state index in [1.165, 1.54) is 6.07 Å². The molecule has 0 radical (unpaired) electrons. The zero-order valence-electron chi connectivity index (χ0n) is 13.1. The molecule has 2 aromatic rings. The SMILES string of the molecule is O=C(NCc1ccccc1F)C1CC1C(=O)Nc1cc(Cl)cc(Cl)c1. The molecule has 2 atom stereocenters. The summed E-state index contributed by atoms with van der Waals surface area (Å²) in [6.07, 6.45) is 0.462. The molecule has 0 bridgehead atoms. The maximum Gasteiger partial charge on any atom is 0.228 e. The van der Waals surface area contributed by atoms with E-state index in [4.69, 9.17) is 23.2 Å². The summed E-state index contributed by atoms with van der Waals surface area (Å²) in [5.41, 5.74) is 0.894. The van der Waals surface area contributed by atoms with Gasteiger partial charge in [-0.1, -0.05) is 41.4 Å². The molecule has 4 nitrogen and oxygen atoms in total. The van der Waals surface area contributed by atoms with E-state index in [-0.39, 0.29) is 24.2 Å². The van der Waals surface area contributed by atoms with Gasteiger partial charge in [0.05, 0.1) is 11.8 Å². The maximum atomic E-state index is 13.5. The summed E-state index contributed by atoms with van der Waals surface area (Å²) < 4.78 is 13.5. The van der Waals surface area contributed by atoms with Crippen LogP contribution in [0.5, 0.6) is 0 Å². The van der Waals surface area contributed by atoms with Crippen molar-refractivity contribution in [3.8, 4) is 0 Å². The van der Waals surface area contributed by atoms with Crippen LogP contribution in [0.4, 0.5) is 10.1 Å². The average molecular weight is 381 g/mol. The lowest BCUT2D eigenvalue weighted by Gasteiger charge is -2.07. The fraction of sp³-hybridized carbons (Fsp3) is 0.222. The van der Waals surface area contributed by atoms with Gasteiger partial charge >= 0.3 is 0 Å². The van der Waals surface area contributed by atoms with Gasteiger partial charge in [0.15, 0.2) is 0 Å². The summed E-state index contributed by atoms with van der Waals surface area (Å²) in [5, 5.41) is 6.20. The molecular weight excluding hydrogens is 366 g/mol. The monoisotopic (exact) mass is 380 g/mol. The molecule has 2 unspecified atom stereocenters. The molecule has 0 spiro atoms. The largest absolute Gasteiger partial charge is 0.352 e. The Hall–Kier alpha value is -2.11. The minimum Gasteiger partial charge on any atom is -0.352 e. The number of halogens is 3. The number of anilines is 1. The first-order chi connectivity index (χ1) is 11.9. The van der Waals surface area contributed by atoms with Crippen molar-refractivity contribution in [3.63, 3.8) is 0 Å². The van der Waals surface area contributed by atoms with Crippen LogP contribution < -0.4 is 10.6 Å². The summed E-state index contributed by atoms with van der Waals surface area (Å²) in [5.74, 6) is -1.69. The third kappa shape index (κ3) is 4.50. The van der Waals surface area contributed by atoms with Crippen molar-refractivity contribution in [3.05, 3.63) is 63.9 Å². The van der Waals surface area contributed by atoms with Crippen molar-refractivity contribution in [2.24, 2.45) is 11.8 Å². The standard InChI is InChI=1S/C18H15Cl2FN2O2/c19-11-5-12(20)7-13(6-11)23-18(25)15-8-14(15)17(24)22-9-10-3-1-2-4-16(10)21/h1-7,14-15H,8-9H2,(H,22,24)(H,23,25). The van der Waals surface area contributed by atoms with Gasteiger partial charge in [-0.25, -0.2) is 4.39 Å². The molecule has 1 aliphatic carbocycles. The first kappa shape index (κ1) is 17.7. The van der Waals surface area contributed by atoms with E-state index in [0.717, 1.165) is 0 Å². The smallest absolute Gasteiger partial charge is 0.228 e. The molecule has 1 saturated carbocycles. The molecule has 2 amide bonds. The molecule has 2 aromatic carbocycles. The van der Waals surface area contributed by atoms with Gasteiger partial charge in [-0.15, -0.1) is 0 Å². The number of rotatable bonds is 5. The Labute approximate surface area is 154 Å². The topological polar surface area (TPSA) is 58.2 Å². The predicted octanol–water partition coefficient (Wildman–Crippen LogP) is 4.02. The van der Waals surface area contributed by atoms with Crippen LogP contribution in [0, 0.1) is 17.7 Å². The van der Waals surface area contributed by atoms with Gasteiger partial charge in [-0.05, 0) is 30.7 Å². The van der Waals surface area contributed by atoms with E-state index in [0.29, 0.717) is 27.7 Å². The molecule has 1 aliphatic rings. The molecule has 25 heavy (non-hydrogen) atoms. The predicted molar refractivity (Wildman–Crippen MR) is 94.9 cm³/mol. The number of hydrogen-bond acceptors (Lipinski definition) is 2. The van der Waals surface area contributed by atoms with Gasteiger partial charge in [0, 0.05) is 27.8 Å². The van der Waals surface area contributed by atoms with Crippen molar-refractivity contribution in [2.45, 2.75) is 13.0 Å². The minimum absolute atomic E-state index is 0.0975. The van der Waals surface area contributed by atoms with Crippen LogP contribution in [0.25, 0.3) is 0 Å². The van der Waals surface area contributed by atoms with Gasteiger partial charge in [0.2, 0.25) is 11.8 Å². The third-order valence-corrected chi connectivity index (χ3v) is 4.44. The van der Waals surface area contributed by atoms with Gasteiger partial charge in [-0.3, -0.25) is 9.59 Å². The molecule has 0 heterocycles. The molecule has 0 saturated heterocycles. The number of benzene rings is 2. The Morgan fingerprint density at radius 3 is 2.36 bits per heavy atom. The van der Waals surface area contributed by atoms with Crippen molar-refractivity contribution < 1.29 is 14.0 Å². The van der Waals surface area contributed by atoms with E-state index < -0.39 is 11.8 Å². The van der Waals surface area contributed by atoms with Crippen LogP contribution in [0.15, 0.2) is 42.5 Å². The zero-order chi connectivity index (χ0) is 18.0. The molecular formula is C18H15Cl2FN2O2. The van der Waals surface area contributed by atoms with Crippen molar-refractivity contribution >= 4 is 40.7 Å². The highest BCUT2D eigenvalue weighted by Gasteiger charge is 2.47. The Bertz CT molecular complexity index is 808. The molecule has 7 heteroatoms. The normalized spacial score (nSPS) is 18.5. The summed E-state index contributed by atoms with van der Waals surface area (Å²) in [6, 6.07) is 11.0. The minimum atomic E-state index is -0.404. The lowest BCUT2D eigenvalue weighted by atomic mass is 10.2. The molecule has 2 N–H and O–H groups in total. The van der Waals surface area contributed by atoms with Crippen LogP contribution in [0.3, 0.4) is 0 Å². The summed E-state index contributed by atoms with van der Waals surface area (Å²) in [6.45, 7) is 0.0975. The van der Waals surface area contributed by atoms with E-state index in [1.807, 2.05) is 0 Å². The Balaban J connectivity index is 1.52. The van der Waals surface area contributed by atoms with E-state index in [9.17, 15) is 14.0 Å². The second-order valence-electron chi connectivity index (χ2n) is 5.91. The maximum absolute atomic E-state index is 13.5. The third-order valence-electron chi connectivity index (χ3n) is 4.00. The Morgan fingerprint density at radius 2 is 1.68 bits per heavy atom. The second kappa shape index (κ2) is 7.42. The average Bonchev–Trinajstić information content (AvgIpc) is 3.33. The summed E-state index contributed by atoms with van der Waals surface area (Å²) >= 11 is 11.8. The van der Waals surface area contributed by atoms with Gasteiger partial charge in [0.1, 0.15) is 5.82 Å². The van der Waals surface area contributed by atoms with Crippen molar-refractivity contribution in [2.75, 3.05) is 5.32 Å². The van der Waals surface area contributed by atoms with E-state index in [1.54, 1.807) is 36.4 Å². The highest BCUT2D eigenvalue weighted by molar-refractivity contribution is 6.35. The molecule has 0 aromatic heterocycles. The van der Waals surface area contributed by atoms with E-state index in [2.05, 4.69) is 10.6 Å². The molecule has 3 rings (SSSR count). The fourth-order valence-electron chi connectivity index (χ4n) is 2.59. The highest BCUT2D eigenvalue weighted by atomic mass is 35.5. The Morgan fingerprint density at radius 1 is 1.04 bits per heavy atom. The summed E-state index contributed by atoms with van der Waals surface area (Å²) in [4.78, 5) is 24.3. The molecule has 1 fully saturated rings. The van der Waals surface area contributed by atoms with Crippen molar-refractivity contribution in [1.29, 1.82) is 0 Å². The Kier molecular flexibility index (Phi) is 5.25. The number of nitrogens with one attached hydrogen (secondary N) is 2. The number of amides is 2. The lowest BCUT2D eigenvalue weighted by molar-refractivity contribution is -0.125. The second-order valence-corrected chi connectivity index (χ2v) is 6.78. The molecule has 0 aliphatic heterocycles. The highest BCUT2D eigenvalue weighted by Crippen LogP contribution is 2.39. The summed E-state index contributed by atoms with van der Waals surface area (Å²) in [7, 11) is 0. The van der Waals surface area contributed by atoms with Gasteiger partial charge in [0.25, 0.3) is 0 Å². The van der Waals surface area contributed by atoms with Crippen LogP contribution in [-0.4, -0.2) is 11.8 Å². The number of carbonyl (C=O) groups excluding carboxylic acids is 2. The first-order valence-electron chi connectivity index (χ1n) is 7.72. The van der Waals surface area contributed by atoms with Gasteiger partial charge < -0.3 is 10.6 Å². The fourth-order valence-corrected chi connectivity index (χ4v) is 3.12. The lowest BCUT2D eigenvalue weighted by Crippen LogP contribution is -2.27.